The number of pyridine rings is 1. The Morgan fingerprint density at radius 3 is 2.69 bits per heavy atom. The number of ether oxygens (including phenoxy) is 1. The van der Waals surface area contributed by atoms with Crippen molar-refractivity contribution in [3.05, 3.63) is 58.6 Å². The number of nitrogens with zero attached hydrogens (tertiary/aromatic N) is 1. The Balaban J connectivity index is 1.79. The molecule has 3 rings (SSSR count). The molecule has 1 N–H and O–H groups in total. The maximum absolute atomic E-state index is 14.0. The van der Waals surface area contributed by atoms with Gasteiger partial charge in [0.25, 0.3) is 0 Å². The van der Waals surface area contributed by atoms with Crippen LogP contribution in [0.3, 0.4) is 0 Å². The lowest BCUT2D eigenvalue weighted by molar-refractivity contribution is 0.332. The molecular formula is C24H32ClFN2O. The van der Waals surface area contributed by atoms with Crippen LogP contribution in [0.25, 0.3) is 0 Å². The zero-order valence-corrected chi connectivity index (χ0v) is 18.4. The normalized spacial score (nSPS) is 16.2. The van der Waals surface area contributed by atoms with E-state index in [2.05, 4.69) is 24.1 Å². The van der Waals surface area contributed by atoms with E-state index in [4.69, 9.17) is 16.3 Å². The molecule has 1 aromatic carbocycles. The SMILES string of the molecule is COc1ccc(F)cc1C(C)(C)CC(Cc1ccnc(Cl)c1)NCC1CCCC1. The number of nitrogens with one attached hydrogen (secondary N) is 1. The van der Waals surface area contributed by atoms with Crippen molar-refractivity contribution in [1.82, 2.24) is 10.3 Å². The molecule has 29 heavy (non-hydrogen) atoms. The monoisotopic (exact) mass is 418 g/mol. The van der Waals surface area contributed by atoms with E-state index >= 15 is 0 Å². The molecule has 1 fully saturated rings. The molecule has 1 aliphatic carbocycles. The van der Waals surface area contributed by atoms with Crippen LogP contribution in [0.2, 0.25) is 5.15 Å². The Morgan fingerprint density at radius 2 is 2.00 bits per heavy atom. The number of hydrogen-bond donors (Lipinski definition) is 1. The summed E-state index contributed by atoms with van der Waals surface area (Å²) in [6, 6.07) is 8.98. The van der Waals surface area contributed by atoms with Gasteiger partial charge in [0, 0.05) is 17.8 Å². The Bertz CT molecular complexity index is 805. The second-order valence-corrected chi connectivity index (χ2v) is 9.27. The number of rotatable bonds is 9. The highest BCUT2D eigenvalue weighted by Crippen LogP contribution is 2.36. The minimum atomic E-state index is -0.252. The summed E-state index contributed by atoms with van der Waals surface area (Å²) in [4.78, 5) is 4.10. The van der Waals surface area contributed by atoms with Crippen LogP contribution in [0.4, 0.5) is 4.39 Å². The van der Waals surface area contributed by atoms with E-state index in [0.717, 1.165) is 42.2 Å². The van der Waals surface area contributed by atoms with E-state index in [-0.39, 0.29) is 17.3 Å². The van der Waals surface area contributed by atoms with Crippen molar-refractivity contribution in [1.29, 1.82) is 0 Å². The quantitative estimate of drug-likeness (QED) is 0.511. The van der Waals surface area contributed by atoms with Crippen LogP contribution in [0.15, 0.2) is 36.5 Å². The summed E-state index contributed by atoms with van der Waals surface area (Å²) in [6.45, 7) is 5.35. The van der Waals surface area contributed by atoms with Gasteiger partial charge in [-0.05, 0) is 79.5 Å². The van der Waals surface area contributed by atoms with Gasteiger partial charge in [-0.15, -0.1) is 0 Å². The maximum atomic E-state index is 14.0. The standard InChI is InChI=1S/C24H32ClFN2O/c1-24(2,21-14-19(26)8-9-22(21)29-3)15-20(28-16-17-6-4-5-7-17)12-18-10-11-27-23(25)13-18/h8-11,13-14,17,20,28H,4-7,12,15-16H2,1-3H3. The van der Waals surface area contributed by atoms with Crippen molar-refractivity contribution in [2.75, 3.05) is 13.7 Å². The molecule has 158 valence electrons. The van der Waals surface area contributed by atoms with Crippen LogP contribution in [0.1, 0.15) is 57.1 Å². The number of methoxy groups -OCH3 is 1. The van der Waals surface area contributed by atoms with Gasteiger partial charge in [0.05, 0.1) is 7.11 Å². The van der Waals surface area contributed by atoms with Crippen LogP contribution in [-0.4, -0.2) is 24.7 Å². The average Bonchev–Trinajstić information content (AvgIpc) is 3.19. The first kappa shape index (κ1) is 22.0. The maximum Gasteiger partial charge on any atom is 0.129 e. The minimum Gasteiger partial charge on any atom is -0.496 e. The van der Waals surface area contributed by atoms with Gasteiger partial charge in [0.15, 0.2) is 0 Å². The second kappa shape index (κ2) is 9.90. The summed E-state index contributed by atoms with van der Waals surface area (Å²) in [5.41, 5.74) is 1.81. The molecule has 0 amide bonds. The van der Waals surface area contributed by atoms with Crippen molar-refractivity contribution in [2.45, 2.75) is 63.8 Å². The molecule has 1 heterocycles. The summed E-state index contributed by atoms with van der Waals surface area (Å²) in [6.07, 6.45) is 8.76. The Kier molecular flexibility index (Phi) is 7.53. The van der Waals surface area contributed by atoms with Crippen LogP contribution in [-0.2, 0) is 11.8 Å². The van der Waals surface area contributed by atoms with E-state index in [1.54, 1.807) is 25.4 Å². The average molecular weight is 419 g/mol. The lowest BCUT2D eigenvalue weighted by atomic mass is 9.77. The number of hydrogen-bond acceptors (Lipinski definition) is 3. The fraction of sp³-hybridized carbons (Fsp3) is 0.542. The Labute approximate surface area is 179 Å². The first-order valence-electron chi connectivity index (χ1n) is 10.6. The number of aromatic nitrogens is 1. The summed E-state index contributed by atoms with van der Waals surface area (Å²) in [5.74, 6) is 1.26. The summed E-state index contributed by atoms with van der Waals surface area (Å²) >= 11 is 6.11. The van der Waals surface area contributed by atoms with E-state index < -0.39 is 0 Å². The molecule has 1 aromatic heterocycles. The van der Waals surface area contributed by atoms with Crippen molar-refractivity contribution in [3.63, 3.8) is 0 Å². The number of halogens is 2. The van der Waals surface area contributed by atoms with Gasteiger partial charge in [-0.3, -0.25) is 0 Å². The molecule has 0 radical (unpaired) electrons. The highest BCUT2D eigenvalue weighted by molar-refractivity contribution is 6.29. The highest BCUT2D eigenvalue weighted by Gasteiger charge is 2.29. The van der Waals surface area contributed by atoms with Crippen LogP contribution in [0, 0.1) is 11.7 Å². The molecule has 2 aromatic rings. The van der Waals surface area contributed by atoms with Gasteiger partial charge >= 0.3 is 0 Å². The Hall–Kier alpha value is -1.65. The number of benzene rings is 1. The lowest BCUT2D eigenvalue weighted by Gasteiger charge is -2.33. The van der Waals surface area contributed by atoms with Crippen LogP contribution >= 0.6 is 11.6 Å². The topological polar surface area (TPSA) is 34.1 Å². The van der Waals surface area contributed by atoms with Gasteiger partial charge in [0.2, 0.25) is 0 Å². The van der Waals surface area contributed by atoms with Gasteiger partial charge in [0.1, 0.15) is 16.7 Å². The molecule has 0 saturated heterocycles. The van der Waals surface area contributed by atoms with E-state index in [0.29, 0.717) is 5.15 Å². The molecule has 0 aliphatic heterocycles. The van der Waals surface area contributed by atoms with Crippen molar-refractivity contribution in [2.24, 2.45) is 5.92 Å². The van der Waals surface area contributed by atoms with Crippen molar-refractivity contribution in [3.8, 4) is 5.75 Å². The van der Waals surface area contributed by atoms with Gasteiger partial charge in [-0.1, -0.05) is 38.3 Å². The molecule has 0 spiro atoms. The predicted octanol–water partition coefficient (Wildman–Crippen LogP) is 5.94. The minimum absolute atomic E-state index is 0.231. The van der Waals surface area contributed by atoms with Crippen LogP contribution < -0.4 is 10.1 Å². The highest BCUT2D eigenvalue weighted by atomic mass is 35.5. The van der Waals surface area contributed by atoms with Crippen LogP contribution in [0.5, 0.6) is 5.75 Å². The summed E-state index contributed by atoms with van der Waals surface area (Å²) in [5, 5.41) is 4.33. The zero-order chi connectivity index (χ0) is 20.9. The van der Waals surface area contributed by atoms with Crippen molar-refractivity contribution >= 4 is 11.6 Å². The lowest BCUT2D eigenvalue weighted by Crippen LogP contribution is -2.39. The third-order valence-electron chi connectivity index (χ3n) is 6.09. The molecule has 0 bridgehead atoms. The molecular weight excluding hydrogens is 387 g/mol. The van der Waals surface area contributed by atoms with E-state index in [1.807, 2.05) is 12.1 Å². The smallest absolute Gasteiger partial charge is 0.129 e. The van der Waals surface area contributed by atoms with Gasteiger partial charge in [-0.25, -0.2) is 9.37 Å². The largest absolute Gasteiger partial charge is 0.496 e. The fourth-order valence-corrected chi connectivity index (χ4v) is 4.75. The first-order chi connectivity index (χ1) is 13.9. The molecule has 1 unspecified atom stereocenters. The molecule has 1 atom stereocenters. The van der Waals surface area contributed by atoms with Gasteiger partial charge in [-0.2, -0.15) is 0 Å². The van der Waals surface area contributed by atoms with E-state index in [1.165, 1.54) is 31.7 Å². The third-order valence-corrected chi connectivity index (χ3v) is 6.30. The van der Waals surface area contributed by atoms with Gasteiger partial charge < -0.3 is 10.1 Å². The molecule has 5 heteroatoms. The summed E-state index contributed by atoms with van der Waals surface area (Å²) in [7, 11) is 1.64. The Morgan fingerprint density at radius 1 is 1.24 bits per heavy atom. The fourth-order valence-electron chi connectivity index (χ4n) is 4.55. The molecule has 3 nitrogen and oxygen atoms in total. The van der Waals surface area contributed by atoms with Crippen molar-refractivity contribution < 1.29 is 9.13 Å². The summed E-state index contributed by atoms with van der Waals surface area (Å²) < 4.78 is 19.5. The zero-order valence-electron chi connectivity index (χ0n) is 17.7. The first-order valence-corrected chi connectivity index (χ1v) is 10.9. The molecule has 1 saturated carbocycles. The molecule has 1 aliphatic rings. The van der Waals surface area contributed by atoms with E-state index in [9.17, 15) is 4.39 Å². The second-order valence-electron chi connectivity index (χ2n) is 8.88. The third kappa shape index (κ3) is 6.16. The predicted molar refractivity (Wildman–Crippen MR) is 117 cm³/mol.